The molecule has 32 heavy (non-hydrogen) atoms. The molecule has 0 aliphatic rings. The molecule has 0 fully saturated rings. The lowest BCUT2D eigenvalue weighted by atomic mass is 10.1. The molecule has 12 heteroatoms. The lowest BCUT2D eigenvalue weighted by Gasteiger charge is -2.20. The number of carbonyl (C=O) groups is 1. The van der Waals surface area contributed by atoms with Crippen molar-refractivity contribution in [3.8, 4) is 22.9 Å². The van der Waals surface area contributed by atoms with E-state index >= 15 is 0 Å². The van der Waals surface area contributed by atoms with Gasteiger partial charge in [-0.3, -0.25) is 9.78 Å². The van der Waals surface area contributed by atoms with Crippen LogP contribution in [0.4, 0.5) is 27.6 Å². The first-order valence-corrected chi connectivity index (χ1v) is 9.19. The number of benzene rings is 2. The van der Waals surface area contributed by atoms with E-state index in [4.69, 9.17) is 16.3 Å². The van der Waals surface area contributed by atoms with Crippen LogP contribution in [0.3, 0.4) is 0 Å². The van der Waals surface area contributed by atoms with Gasteiger partial charge in [-0.2, -0.15) is 13.2 Å². The predicted molar refractivity (Wildman–Crippen MR) is 105 cm³/mol. The zero-order valence-corrected chi connectivity index (χ0v) is 16.8. The molecule has 1 atom stereocenters. The van der Waals surface area contributed by atoms with Gasteiger partial charge in [-0.05, 0) is 31.2 Å². The number of halogens is 6. The lowest BCUT2D eigenvalue weighted by molar-refractivity contribution is -0.189. The van der Waals surface area contributed by atoms with Crippen molar-refractivity contribution in [1.82, 2.24) is 9.97 Å². The average Bonchev–Trinajstić information content (AvgIpc) is 2.71. The van der Waals surface area contributed by atoms with Crippen LogP contribution in [0.2, 0.25) is 5.02 Å². The Bertz CT molecular complexity index is 1150. The second kappa shape index (κ2) is 8.95. The Morgan fingerprint density at radius 2 is 1.91 bits per heavy atom. The summed E-state index contributed by atoms with van der Waals surface area (Å²) in [4.78, 5) is 20.0. The van der Waals surface area contributed by atoms with Crippen molar-refractivity contribution in [3.63, 3.8) is 0 Å². The number of carbonyl (C=O) groups excluding carboxylic acids is 1. The lowest BCUT2D eigenvalue weighted by Crippen LogP contribution is -2.32. The summed E-state index contributed by atoms with van der Waals surface area (Å²) >= 11 is 5.85. The number of amides is 1. The first kappa shape index (κ1) is 23.2. The highest BCUT2D eigenvalue weighted by Crippen LogP contribution is 2.34. The fourth-order valence-corrected chi connectivity index (χ4v) is 2.78. The number of aromatic hydroxyl groups is 1. The minimum Gasteiger partial charge on any atom is -0.492 e. The van der Waals surface area contributed by atoms with Gasteiger partial charge in [0.1, 0.15) is 17.4 Å². The molecular weight excluding hydrogens is 461 g/mol. The predicted octanol–water partition coefficient (Wildman–Crippen LogP) is 5.36. The Morgan fingerprint density at radius 1 is 1.19 bits per heavy atom. The maximum Gasteiger partial charge on any atom is 0.425 e. The molecule has 0 radical (unpaired) electrons. The second-order valence-corrected chi connectivity index (χ2v) is 6.85. The molecule has 1 aromatic heterocycles. The van der Waals surface area contributed by atoms with Crippen LogP contribution in [0.1, 0.15) is 17.3 Å². The summed E-state index contributed by atoms with van der Waals surface area (Å²) in [5.41, 5.74) is -1.72. The Morgan fingerprint density at radius 3 is 2.53 bits per heavy atom. The van der Waals surface area contributed by atoms with Gasteiger partial charge in [0.2, 0.25) is 5.88 Å². The molecular formula is C20H13ClF5N3O3. The van der Waals surface area contributed by atoms with Crippen LogP contribution in [0.15, 0.2) is 42.7 Å². The normalized spacial score (nSPS) is 12.3. The smallest absolute Gasteiger partial charge is 0.425 e. The second-order valence-electron chi connectivity index (χ2n) is 6.44. The van der Waals surface area contributed by atoms with E-state index in [2.05, 4.69) is 15.3 Å². The quantitative estimate of drug-likeness (QED) is 0.487. The molecule has 2 N–H and O–H groups in total. The van der Waals surface area contributed by atoms with Crippen molar-refractivity contribution in [1.29, 1.82) is 0 Å². The first-order chi connectivity index (χ1) is 15.0. The van der Waals surface area contributed by atoms with Crippen molar-refractivity contribution in [2.24, 2.45) is 0 Å². The third-order valence-corrected chi connectivity index (χ3v) is 4.49. The van der Waals surface area contributed by atoms with E-state index in [1.165, 1.54) is 12.1 Å². The SMILES string of the molecule is CC(Oc1cc(-c2cncc(O)n2)c(F)cc1C(=O)Nc1c(F)cccc1Cl)C(F)(F)F. The fraction of sp³-hybridized carbons (Fsp3) is 0.150. The number of ether oxygens (including phenoxy) is 1. The first-order valence-electron chi connectivity index (χ1n) is 8.81. The van der Waals surface area contributed by atoms with Gasteiger partial charge in [-0.15, -0.1) is 0 Å². The standard InChI is InChI=1S/C20H13ClF5N3O3/c1-9(20(24,25)26)32-16-6-10(15-7-27-8-17(30)28-15)14(23)5-11(16)19(31)29-18-12(21)3-2-4-13(18)22/h2-9H,1H3,(H,28,30)(H,29,31). The van der Waals surface area contributed by atoms with E-state index in [0.717, 1.165) is 24.5 Å². The monoisotopic (exact) mass is 473 g/mol. The third kappa shape index (κ3) is 5.05. The summed E-state index contributed by atoms with van der Waals surface area (Å²) < 4.78 is 72.8. The van der Waals surface area contributed by atoms with Gasteiger partial charge in [0.05, 0.1) is 34.4 Å². The Hall–Kier alpha value is -3.47. The zero-order valence-electron chi connectivity index (χ0n) is 16.0. The number of hydrogen-bond acceptors (Lipinski definition) is 5. The van der Waals surface area contributed by atoms with Gasteiger partial charge in [-0.1, -0.05) is 17.7 Å². The minimum absolute atomic E-state index is 0.184. The molecule has 168 valence electrons. The largest absolute Gasteiger partial charge is 0.492 e. The molecule has 0 saturated heterocycles. The summed E-state index contributed by atoms with van der Waals surface area (Å²) in [6.45, 7) is 0.687. The van der Waals surface area contributed by atoms with Crippen molar-refractivity contribution >= 4 is 23.2 Å². The Balaban J connectivity index is 2.09. The number of aromatic nitrogens is 2. The summed E-state index contributed by atoms with van der Waals surface area (Å²) in [7, 11) is 0. The average molecular weight is 474 g/mol. The van der Waals surface area contributed by atoms with Gasteiger partial charge in [-0.25, -0.2) is 13.8 Å². The number of nitrogens with zero attached hydrogens (tertiary/aromatic N) is 2. The molecule has 0 bridgehead atoms. The molecule has 0 saturated carbocycles. The maximum absolute atomic E-state index is 14.8. The molecule has 0 aliphatic heterocycles. The van der Waals surface area contributed by atoms with E-state index in [0.29, 0.717) is 13.0 Å². The van der Waals surface area contributed by atoms with Crippen molar-refractivity contribution in [2.45, 2.75) is 19.2 Å². The number of rotatable bonds is 5. The van der Waals surface area contributed by atoms with Crippen molar-refractivity contribution in [3.05, 3.63) is 64.9 Å². The van der Waals surface area contributed by atoms with Crippen LogP contribution >= 0.6 is 11.6 Å². The molecule has 1 heterocycles. The topological polar surface area (TPSA) is 84.3 Å². The van der Waals surface area contributed by atoms with Gasteiger partial charge in [0, 0.05) is 5.56 Å². The van der Waals surface area contributed by atoms with Crippen LogP contribution in [0.5, 0.6) is 11.6 Å². The van der Waals surface area contributed by atoms with Crippen LogP contribution in [0.25, 0.3) is 11.3 Å². The molecule has 3 rings (SSSR count). The van der Waals surface area contributed by atoms with E-state index < -0.39 is 58.3 Å². The Labute approximate surface area is 182 Å². The number of hydrogen-bond donors (Lipinski definition) is 2. The zero-order chi connectivity index (χ0) is 23.6. The number of nitrogens with one attached hydrogen (secondary N) is 1. The Kier molecular flexibility index (Phi) is 6.49. The molecule has 6 nitrogen and oxygen atoms in total. The van der Waals surface area contributed by atoms with Crippen LogP contribution in [0, 0.1) is 11.6 Å². The number of para-hydroxylation sites is 1. The number of anilines is 1. The van der Waals surface area contributed by atoms with Gasteiger partial charge in [0.25, 0.3) is 5.91 Å². The van der Waals surface area contributed by atoms with Gasteiger partial charge >= 0.3 is 6.18 Å². The summed E-state index contributed by atoms with van der Waals surface area (Å²) in [6.07, 6.45) is -5.17. The van der Waals surface area contributed by atoms with Crippen molar-refractivity contribution in [2.75, 3.05) is 5.32 Å². The van der Waals surface area contributed by atoms with E-state index in [9.17, 15) is 31.9 Å². The van der Waals surface area contributed by atoms with Crippen LogP contribution < -0.4 is 10.1 Å². The van der Waals surface area contributed by atoms with E-state index in [-0.39, 0.29) is 10.7 Å². The summed E-state index contributed by atoms with van der Waals surface area (Å²) in [6, 6.07) is 4.95. The highest BCUT2D eigenvalue weighted by molar-refractivity contribution is 6.34. The summed E-state index contributed by atoms with van der Waals surface area (Å²) in [5.74, 6) is -4.40. The van der Waals surface area contributed by atoms with Gasteiger partial charge in [0.15, 0.2) is 6.10 Å². The maximum atomic E-state index is 14.8. The minimum atomic E-state index is -4.80. The van der Waals surface area contributed by atoms with Gasteiger partial charge < -0.3 is 15.2 Å². The van der Waals surface area contributed by atoms with E-state index in [1.807, 2.05) is 0 Å². The number of alkyl halides is 3. The molecule has 0 spiro atoms. The summed E-state index contributed by atoms with van der Waals surface area (Å²) in [5, 5.41) is 11.4. The third-order valence-electron chi connectivity index (χ3n) is 4.18. The van der Waals surface area contributed by atoms with Crippen LogP contribution in [-0.4, -0.2) is 33.3 Å². The van der Waals surface area contributed by atoms with E-state index in [1.54, 1.807) is 0 Å². The molecule has 1 amide bonds. The highest BCUT2D eigenvalue weighted by Gasteiger charge is 2.39. The fourth-order valence-electron chi connectivity index (χ4n) is 2.57. The van der Waals surface area contributed by atoms with Crippen molar-refractivity contribution < 1.29 is 36.6 Å². The molecule has 0 aliphatic carbocycles. The molecule has 1 unspecified atom stereocenters. The van der Waals surface area contributed by atoms with Crippen LogP contribution in [-0.2, 0) is 0 Å². The molecule has 2 aromatic carbocycles. The highest BCUT2D eigenvalue weighted by atomic mass is 35.5. The molecule has 3 aromatic rings.